The maximum absolute atomic E-state index is 12.8. The lowest BCUT2D eigenvalue weighted by molar-refractivity contribution is 0.102. The number of rotatable bonds is 2. The highest BCUT2D eigenvalue weighted by molar-refractivity contribution is 7.18. The van der Waals surface area contributed by atoms with E-state index in [1.165, 1.54) is 16.2 Å². The number of aromatic amines is 1. The van der Waals surface area contributed by atoms with Crippen molar-refractivity contribution in [1.29, 1.82) is 0 Å². The minimum Gasteiger partial charge on any atom is -0.506 e. The highest BCUT2D eigenvalue weighted by Crippen LogP contribution is 2.39. The summed E-state index contributed by atoms with van der Waals surface area (Å²) >= 11 is 1.52. The number of aromatic nitrogens is 1. The molecule has 3 aromatic rings. The van der Waals surface area contributed by atoms with E-state index in [-0.39, 0.29) is 11.3 Å². The SMILES string of the molecule is Cc1cccc(NC(=O)c2c(O)c3c4c(sc3[nH]c2=O)CCCCC4)c1C. The number of aromatic hydroxyl groups is 1. The Labute approximate surface area is 161 Å². The second kappa shape index (κ2) is 6.85. The Balaban J connectivity index is 1.81. The van der Waals surface area contributed by atoms with Crippen LogP contribution in [-0.2, 0) is 12.8 Å². The lowest BCUT2D eigenvalue weighted by atomic mass is 10.0. The van der Waals surface area contributed by atoms with E-state index >= 15 is 0 Å². The van der Waals surface area contributed by atoms with Crippen molar-refractivity contribution in [3.63, 3.8) is 0 Å². The number of thiophene rings is 1. The lowest BCUT2D eigenvalue weighted by Crippen LogP contribution is -2.23. The molecule has 27 heavy (non-hydrogen) atoms. The van der Waals surface area contributed by atoms with Gasteiger partial charge in [-0.3, -0.25) is 9.59 Å². The number of hydrogen-bond donors (Lipinski definition) is 3. The zero-order chi connectivity index (χ0) is 19.1. The molecule has 2 heterocycles. The van der Waals surface area contributed by atoms with Crippen LogP contribution in [0.5, 0.6) is 5.75 Å². The van der Waals surface area contributed by atoms with E-state index in [1.807, 2.05) is 26.0 Å². The van der Waals surface area contributed by atoms with Crippen LogP contribution in [0.25, 0.3) is 10.2 Å². The third-order valence-corrected chi connectivity index (χ3v) is 6.64. The summed E-state index contributed by atoms with van der Waals surface area (Å²) in [7, 11) is 0. The fraction of sp³-hybridized carbons (Fsp3) is 0.333. The molecular formula is C21H22N2O3S. The molecule has 0 fully saturated rings. The molecule has 0 bridgehead atoms. The van der Waals surface area contributed by atoms with Crippen LogP contribution in [0.4, 0.5) is 5.69 Å². The van der Waals surface area contributed by atoms with Crippen molar-refractivity contribution in [3.8, 4) is 5.75 Å². The third-order valence-electron chi connectivity index (χ3n) is 5.43. The van der Waals surface area contributed by atoms with E-state index in [0.717, 1.165) is 48.8 Å². The van der Waals surface area contributed by atoms with Crippen LogP contribution in [0.1, 0.15) is 51.2 Å². The van der Waals surface area contributed by atoms with Crippen LogP contribution in [0.2, 0.25) is 0 Å². The molecule has 1 amide bonds. The number of H-pyrrole nitrogens is 1. The number of fused-ring (bicyclic) bond motifs is 3. The Bertz CT molecular complexity index is 1110. The first-order chi connectivity index (χ1) is 13.0. The zero-order valence-electron chi connectivity index (χ0n) is 15.4. The summed E-state index contributed by atoms with van der Waals surface area (Å²) in [5, 5.41) is 14.3. The number of carbonyl (C=O) groups is 1. The van der Waals surface area contributed by atoms with Gasteiger partial charge in [0.2, 0.25) is 0 Å². The van der Waals surface area contributed by atoms with Crippen LogP contribution in [-0.4, -0.2) is 16.0 Å². The largest absolute Gasteiger partial charge is 0.506 e. The van der Waals surface area contributed by atoms with Gasteiger partial charge in [-0.1, -0.05) is 18.6 Å². The summed E-state index contributed by atoms with van der Waals surface area (Å²) in [6.07, 6.45) is 5.16. The average molecular weight is 382 g/mol. The molecule has 4 rings (SSSR count). The summed E-state index contributed by atoms with van der Waals surface area (Å²) < 4.78 is 0. The van der Waals surface area contributed by atoms with Gasteiger partial charge in [0.15, 0.2) is 0 Å². The van der Waals surface area contributed by atoms with Crippen molar-refractivity contribution < 1.29 is 9.90 Å². The second-order valence-electron chi connectivity index (χ2n) is 7.15. The molecule has 140 valence electrons. The van der Waals surface area contributed by atoms with Gasteiger partial charge in [0, 0.05) is 10.6 Å². The Hall–Kier alpha value is -2.60. The van der Waals surface area contributed by atoms with Gasteiger partial charge in [-0.25, -0.2) is 0 Å². The summed E-state index contributed by atoms with van der Waals surface area (Å²) in [6, 6.07) is 5.60. The number of anilines is 1. The fourth-order valence-corrected chi connectivity index (χ4v) is 5.05. The van der Waals surface area contributed by atoms with E-state index in [0.29, 0.717) is 15.9 Å². The van der Waals surface area contributed by atoms with Crippen LogP contribution >= 0.6 is 11.3 Å². The molecule has 0 spiro atoms. The van der Waals surface area contributed by atoms with Gasteiger partial charge in [0.05, 0.1) is 5.39 Å². The minimum absolute atomic E-state index is 0.198. The van der Waals surface area contributed by atoms with Crippen molar-refractivity contribution in [1.82, 2.24) is 4.98 Å². The first-order valence-electron chi connectivity index (χ1n) is 9.24. The van der Waals surface area contributed by atoms with E-state index in [2.05, 4.69) is 10.3 Å². The van der Waals surface area contributed by atoms with Crippen LogP contribution in [0.3, 0.4) is 0 Å². The standard InChI is InChI=1S/C21H22N2O3S/c1-11-7-6-9-14(12(11)2)22-19(25)17-18(24)16-13-8-4-3-5-10-15(13)27-21(16)23-20(17)26/h6-7,9H,3-5,8,10H2,1-2H3,(H,22,25)(H2,23,24,26). The number of nitrogens with one attached hydrogen (secondary N) is 2. The summed E-state index contributed by atoms with van der Waals surface area (Å²) in [4.78, 5) is 30.1. The highest BCUT2D eigenvalue weighted by Gasteiger charge is 2.25. The molecule has 6 heteroatoms. The monoisotopic (exact) mass is 382 g/mol. The Morgan fingerprint density at radius 1 is 1.19 bits per heavy atom. The third kappa shape index (κ3) is 3.04. The van der Waals surface area contributed by atoms with E-state index in [1.54, 1.807) is 6.07 Å². The molecule has 2 aromatic heterocycles. The number of benzene rings is 1. The molecule has 5 nitrogen and oxygen atoms in total. The lowest BCUT2D eigenvalue weighted by Gasteiger charge is -2.11. The van der Waals surface area contributed by atoms with Crippen molar-refractivity contribution >= 4 is 33.1 Å². The van der Waals surface area contributed by atoms with E-state index in [9.17, 15) is 14.7 Å². The maximum atomic E-state index is 12.8. The van der Waals surface area contributed by atoms with Crippen LogP contribution in [0.15, 0.2) is 23.0 Å². The molecule has 0 aliphatic heterocycles. The van der Waals surface area contributed by atoms with Gasteiger partial charge in [0.25, 0.3) is 11.5 Å². The quantitative estimate of drug-likeness (QED) is 0.573. The number of aryl methyl sites for hydroxylation is 3. The van der Waals surface area contributed by atoms with E-state index in [4.69, 9.17) is 0 Å². The van der Waals surface area contributed by atoms with Gasteiger partial charge in [-0.05, 0) is 62.3 Å². The molecule has 1 aromatic carbocycles. The first kappa shape index (κ1) is 17.8. The number of carbonyl (C=O) groups excluding carboxylic acids is 1. The van der Waals surface area contributed by atoms with Crippen molar-refractivity contribution in [2.75, 3.05) is 5.32 Å². The Morgan fingerprint density at radius 3 is 2.78 bits per heavy atom. The first-order valence-corrected chi connectivity index (χ1v) is 10.1. The molecule has 0 atom stereocenters. The Kier molecular flexibility index (Phi) is 4.52. The van der Waals surface area contributed by atoms with E-state index < -0.39 is 11.5 Å². The van der Waals surface area contributed by atoms with Gasteiger partial charge in [-0.15, -0.1) is 11.3 Å². The molecule has 0 saturated carbocycles. The van der Waals surface area contributed by atoms with Gasteiger partial charge < -0.3 is 15.4 Å². The summed E-state index contributed by atoms with van der Waals surface area (Å²) in [5.74, 6) is -0.783. The Morgan fingerprint density at radius 2 is 1.96 bits per heavy atom. The fourth-order valence-electron chi connectivity index (χ4n) is 3.76. The smallest absolute Gasteiger partial charge is 0.265 e. The van der Waals surface area contributed by atoms with Gasteiger partial charge >= 0.3 is 0 Å². The predicted octanol–water partition coefficient (Wildman–Crippen LogP) is 4.43. The average Bonchev–Trinajstić information content (AvgIpc) is 2.80. The van der Waals surface area contributed by atoms with Crippen LogP contribution in [0, 0.1) is 13.8 Å². The molecule has 1 aliphatic carbocycles. The van der Waals surface area contributed by atoms with Crippen LogP contribution < -0.4 is 10.9 Å². The zero-order valence-corrected chi connectivity index (χ0v) is 16.3. The van der Waals surface area contributed by atoms with Crippen molar-refractivity contribution in [2.45, 2.75) is 46.0 Å². The highest BCUT2D eigenvalue weighted by atomic mass is 32.1. The molecule has 1 aliphatic rings. The minimum atomic E-state index is -0.585. The molecule has 0 radical (unpaired) electrons. The summed E-state index contributed by atoms with van der Waals surface area (Å²) in [6.45, 7) is 3.87. The number of pyridine rings is 1. The molecule has 3 N–H and O–H groups in total. The summed E-state index contributed by atoms with van der Waals surface area (Å²) in [5.41, 5.74) is 2.94. The molecule has 0 unspecified atom stereocenters. The number of hydrogen-bond acceptors (Lipinski definition) is 4. The van der Waals surface area contributed by atoms with Gasteiger partial charge in [-0.2, -0.15) is 0 Å². The number of amides is 1. The molecule has 0 saturated heterocycles. The van der Waals surface area contributed by atoms with Gasteiger partial charge in [0.1, 0.15) is 16.1 Å². The van der Waals surface area contributed by atoms with Crippen molar-refractivity contribution in [2.24, 2.45) is 0 Å². The maximum Gasteiger partial charge on any atom is 0.265 e. The molecular weight excluding hydrogens is 360 g/mol. The van der Waals surface area contributed by atoms with Crippen molar-refractivity contribution in [3.05, 3.63) is 55.7 Å². The topological polar surface area (TPSA) is 82.2 Å². The second-order valence-corrected chi connectivity index (χ2v) is 8.25. The normalized spacial score (nSPS) is 14.0. The predicted molar refractivity (Wildman–Crippen MR) is 109 cm³/mol.